The van der Waals surface area contributed by atoms with E-state index in [9.17, 15) is 13.2 Å². The Balaban J connectivity index is 0.00000380. The topological polar surface area (TPSA) is 83.1 Å². The first kappa shape index (κ1) is 29.6. The van der Waals surface area contributed by atoms with Crippen molar-refractivity contribution in [1.29, 1.82) is 0 Å². The summed E-state index contributed by atoms with van der Waals surface area (Å²) < 4.78 is 33.5. The third-order valence-corrected chi connectivity index (χ3v) is 9.93. The van der Waals surface area contributed by atoms with E-state index in [4.69, 9.17) is 21.3 Å². The Morgan fingerprint density at radius 2 is 1.73 bits per heavy atom. The summed E-state index contributed by atoms with van der Waals surface area (Å²) in [6.07, 6.45) is 1.74. The monoisotopic (exact) mass is 586 g/mol. The number of sulfonamides is 1. The third kappa shape index (κ3) is 6.21. The van der Waals surface area contributed by atoms with Crippen LogP contribution in [-0.2, 0) is 10.0 Å². The molecular weight excluding hydrogens is 555 g/mol. The summed E-state index contributed by atoms with van der Waals surface area (Å²) in [5.74, 6) is 0.339. The lowest BCUT2D eigenvalue weighted by atomic mass is 10.2. The third-order valence-electron chi connectivity index (χ3n) is 6.48. The van der Waals surface area contributed by atoms with Crippen molar-refractivity contribution in [3.63, 3.8) is 0 Å². The van der Waals surface area contributed by atoms with E-state index in [2.05, 4.69) is 18.7 Å². The van der Waals surface area contributed by atoms with Gasteiger partial charge in [0.15, 0.2) is 5.13 Å². The van der Waals surface area contributed by atoms with Crippen molar-refractivity contribution in [1.82, 2.24) is 14.2 Å². The van der Waals surface area contributed by atoms with Gasteiger partial charge in [0.05, 0.1) is 21.7 Å². The van der Waals surface area contributed by atoms with Crippen LogP contribution in [0.2, 0.25) is 5.02 Å². The number of thiazole rings is 1. The van der Waals surface area contributed by atoms with Gasteiger partial charge in [0.25, 0.3) is 5.91 Å². The predicted molar refractivity (Wildman–Crippen MR) is 152 cm³/mol. The van der Waals surface area contributed by atoms with E-state index in [-0.39, 0.29) is 23.2 Å². The van der Waals surface area contributed by atoms with E-state index in [1.165, 1.54) is 27.8 Å². The van der Waals surface area contributed by atoms with Crippen LogP contribution in [0.3, 0.4) is 0 Å². The number of methoxy groups -OCH3 is 1. The van der Waals surface area contributed by atoms with Crippen molar-refractivity contribution >= 4 is 66.6 Å². The molecule has 0 N–H and O–H groups in total. The smallest absolute Gasteiger partial charge is 0.260 e. The number of benzene rings is 2. The van der Waals surface area contributed by atoms with Gasteiger partial charge in [-0.3, -0.25) is 9.69 Å². The normalized spacial score (nSPS) is 14.2. The van der Waals surface area contributed by atoms with Crippen molar-refractivity contribution < 1.29 is 17.9 Å². The maximum absolute atomic E-state index is 13.7. The first-order valence-electron chi connectivity index (χ1n) is 12.1. The number of carbonyl (C=O) groups is 1. The second-order valence-corrected chi connectivity index (χ2v) is 11.9. The first-order chi connectivity index (χ1) is 17.3. The van der Waals surface area contributed by atoms with E-state index in [1.807, 2.05) is 0 Å². The van der Waals surface area contributed by atoms with Crippen LogP contribution < -0.4 is 9.64 Å². The molecule has 3 aromatic rings. The van der Waals surface area contributed by atoms with Crippen LogP contribution in [0.1, 0.15) is 37.0 Å². The molecule has 0 bridgehead atoms. The van der Waals surface area contributed by atoms with Gasteiger partial charge in [-0.1, -0.05) is 36.8 Å². The van der Waals surface area contributed by atoms with Crippen LogP contribution in [0.15, 0.2) is 41.3 Å². The zero-order valence-electron chi connectivity index (χ0n) is 21.1. The molecule has 0 unspecified atom stereocenters. The van der Waals surface area contributed by atoms with Crippen LogP contribution >= 0.6 is 35.3 Å². The standard InChI is InChI=1S/C25H31ClN4O4S2.ClH/c1-4-28(5-2)16-17-30(25-27-22-21(34-3)13-12-20(26)23(22)35-25)24(31)18-8-10-19(11-9-18)36(32,33)29-14-6-7-15-29;/h8-13H,4-7,14-17H2,1-3H3;1H. The van der Waals surface area contributed by atoms with Crippen molar-refractivity contribution in [2.75, 3.05) is 51.3 Å². The fraction of sp³-hybridized carbons (Fsp3) is 0.440. The molecule has 1 aromatic heterocycles. The van der Waals surface area contributed by atoms with Gasteiger partial charge in [-0.15, -0.1) is 12.4 Å². The van der Waals surface area contributed by atoms with Crippen molar-refractivity contribution in [2.45, 2.75) is 31.6 Å². The molecule has 0 saturated carbocycles. The number of rotatable bonds is 10. The highest BCUT2D eigenvalue weighted by molar-refractivity contribution is 7.89. The molecular formula is C25H32Cl2N4O4S2. The molecule has 1 saturated heterocycles. The molecule has 1 aliphatic heterocycles. The highest BCUT2D eigenvalue weighted by Gasteiger charge is 2.28. The van der Waals surface area contributed by atoms with Crippen LogP contribution in [0.25, 0.3) is 10.2 Å². The summed E-state index contributed by atoms with van der Waals surface area (Å²) in [5.41, 5.74) is 1.00. The van der Waals surface area contributed by atoms with Crippen molar-refractivity contribution in [3.8, 4) is 5.75 Å². The summed E-state index contributed by atoms with van der Waals surface area (Å²) in [7, 11) is -1.98. The average Bonchev–Trinajstić information content (AvgIpc) is 3.59. The summed E-state index contributed by atoms with van der Waals surface area (Å²) in [6, 6.07) is 9.71. The summed E-state index contributed by atoms with van der Waals surface area (Å²) >= 11 is 7.77. The van der Waals surface area contributed by atoms with Crippen LogP contribution in [0.5, 0.6) is 5.75 Å². The van der Waals surface area contributed by atoms with Crippen LogP contribution in [0.4, 0.5) is 5.13 Å². The Hall–Kier alpha value is -1.95. The highest BCUT2D eigenvalue weighted by Crippen LogP contribution is 2.39. The molecule has 8 nitrogen and oxygen atoms in total. The van der Waals surface area contributed by atoms with Gasteiger partial charge in [-0.25, -0.2) is 13.4 Å². The largest absolute Gasteiger partial charge is 0.494 e. The van der Waals surface area contributed by atoms with E-state index < -0.39 is 10.0 Å². The zero-order chi connectivity index (χ0) is 25.9. The number of ether oxygens (including phenoxy) is 1. The quantitative estimate of drug-likeness (QED) is 0.326. The summed E-state index contributed by atoms with van der Waals surface area (Å²) in [5, 5.41) is 1.06. The number of anilines is 1. The number of fused-ring (bicyclic) bond motifs is 1. The molecule has 1 aliphatic rings. The molecule has 1 fully saturated rings. The number of nitrogens with zero attached hydrogens (tertiary/aromatic N) is 4. The lowest BCUT2D eigenvalue weighted by Crippen LogP contribution is -2.38. The number of hydrogen-bond acceptors (Lipinski definition) is 7. The zero-order valence-corrected chi connectivity index (χ0v) is 24.4. The minimum absolute atomic E-state index is 0. The fourth-order valence-corrected chi connectivity index (χ4v) is 7.09. The van der Waals surface area contributed by atoms with Gasteiger partial charge in [0.2, 0.25) is 10.0 Å². The molecule has 2 aromatic carbocycles. The van der Waals surface area contributed by atoms with Crippen LogP contribution in [0, 0.1) is 0 Å². The van der Waals surface area contributed by atoms with Gasteiger partial charge in [-0.05, 0) is 62.3 Å². The average molecular weight is 588 g/mol. The lowest BCUT2D eigenvalue weighted by Gasteiger charge is -2.25. The van der Waals surface area contributed by atoms with E-state index in [0.29, 0.717) is 53.2 Å². The Labute approximate surface area is 233 Å². The summed E-state index contributed by atoms with van der Waals surface area (Å²) in [6.45, 7) is 8.05. The number of aromatic nitrogens is 1. The molecule has 4 rings (SSSR count). The van der Waals surface area contributed by atoms with Crippen LogP contribution in [-0.4, -0.2) is 74.9 Å². The van der Waals surface area contributed by atoms with Gasteiger partial charge in [0.1, 0.15) is 11.3 Å². The molecule has 37 heavy (non-hydrogen) atoms. The Kier molecular flexibility index (Phi) is 10.2. The second-order valence-electron chi connectivity index (χ2n) is 8.54. The molecule has 0 radical (unpaired) electrons. The van der Waals surface area contributed by atoms with E-state index >= 15 is 0 Å². The molecule has 0 spiro atoms. The highest BCUT2D eigenvalue weighted by atomic mass is 35.5. The van der Waals surface area contributed by atoms with Gasteiger partial charge in [0, 0.05) is 31.7 Å². The summed E-state index contributed by atoms with van der Waals surface area (Å²) in [4.78, 5) is 22.5. The molecule has 202 valence electrons. The number of likely N-dealkylation sites (N-methyl/N-ethyl adjacent to an activating group) is 1. The Morgan fingerprint density at radius 3 is 2.32 bits per heavy atom. The van der Waals surface area contributed by atoms with E-state index in [1.54, 1.807) is 36.3 Å². The van der Waals surface area contributed by atoms with Gasteiger partial charge < -0.3 is 9.64 Å². The van der Waals surface area contributed by atoms with Gasteiger partial charge >= 0.3 is 0 Å². The SMILES string of the molecule is CCN(CC)CCN(C(=O)c1ccc(S(=O)(=O)N2CCCC2)cc1)c1nc2c(OC)ccc(Cl)c2s1.Cl. The van der Waals surface area contributed by atoms with Crippen molar-refractivity contribution in [2.24, 2.45) is 0 Å². The number of halogens is 2. The second kappa shape index (κ2) is 12.7. The molecule has 2 heterocycles. The fourth-order valence-electron chi connectivity index (χ4n) is 4.29. The number of carbonyl (C=O) groups excluding carboxylic acids is 1. The first-order valence-corrected chi connectivity index (χ1v) is 14.7. The van der Waals surface area contributed by atoms with E-state index in [0.717, 1.165) is 30.6 Å². The van der Waals surface area contributed by atoms with Crippen molar-refractivity contribution in [3.05, 3.63) is 47.0 Å². The Bertz CT molecular complexity index is 1320. The molecule has 0 aliphatic carbocycles. The number of amides is 1. The maximum atomic E-state index is 13.7. The lowest BCUT2D eigenvalue weighted by molar-refractivity contribution is 0.0983. The van der Waals surface area contributed by atoms with Gasteiger partial charge in [-0.2, -0.15) is 4.31 Å². The molecule has 12 heteroatoms. The Morgan fingerprint density at radius 1 is 1.08 bits per heavy atom. The minimum Gasteiger partial charge on any atom is -0.494 e. The molecule has 0 atom stereocenters. The minimum atomic E-state index is -3.55. The maximum Gasteiger partial charge on any atom is 0.260 e. The predicted octanol–water partition coefficient (Wildman–Crippen LogP) is 5.15. The number of hydrogen-bond donors (Lipinski definition) is 0. The molecule has 1 amide bonds.